The Morgan fingerprint density at radius 3 is 1.64 bits per heavy atom. The Labute approximate surface area is 85.0 Å². The maximum atomic E-state index is 9.59. The summed E-state index contributed by atoms with van der Waals surface area (Å²) < 4.78 is 19.4. The molecule has 1 rings (SSSR count). The molecule has 0 spiro atoms. The van der Waals surface area contributed by atoms with Gasteiger partial charge in [-0.05, 0) is 0 Å². The zero-order valence-corrected chi connectivity index (χ0v) is 9.90. The van der Waals surface area contributed by atoms with Crippen LogP contribution in [0.3, 0.4) is 0 Å². The van der Waals surface area contributed by atoms with Crippen LogP contribution in [-0.2, 0) is 22.8 Å². The summed E-state index contributed by atoms with van der Waals surface area (Å²) in [4.78, 5) is 9.59. The summed E-state index contributed by atoms with van der Waals surface area (Å²) >= 11 is 0. The van der Waals surface area contributed by atoms with Gasteiger partial charge in [0.15, 0.2) is 0 Å². The Morgan fingerprint density at radius 1 is 1.29 bits per heavy atom. The standard InChI is InChI=1S/C5H14O3Si.C3H2O2/c1-5-9(6-2,7-3)8-4;4-3-1-2-5-3/h5H2,1-4H3;1-2H. The minimum absolute atomic E-state index is 0.245. The third-order valence-corrected chi connectivity index (χ3v) is 4.49. The molecule has 0 fully saturated rings. The van der Waals surface area contributed by atoms with E-state index in [1.807, 2.05) is 6.92 Å². The molecule has 0 radical (unpaired) electrons. The van der Waals surface area contributed by atoms with Crippen molar-refractivity contribution in [2.45, 2.75) is 13.0 Å². The molecule has 5 nitrogen and oxygen atoms in total. The maximum Gasteiger partial charge on any atom is 0.499 e. The highest BCUT2D eigenvalue weighted by Gasteiger charge is 2.34. The van der Waals surface area contributed by atoms with Crippen LogP contribution in [0, 0.1) is 0 Å². The summed E-state index contributed by atoms with van der Waals surface area (Å²) in [5.74, 6) is -0.245. The molecule has 0 atom stereocenters. The lowest BCUT2D eigenvalue weighted by atomic mass is 10.6. The molecule has 1 heterocycles. The third kappa shape index (κ3) is 4.01. The Morgan fingerprint density at radius 2 is 1.64 bits per heavy atom. The first-order chi connectivity index (χ1) is 6.64. The summed E-state index contributed by atoms with van der Waals surface area (Å²) in [6, 6.07) is 0.816. The predicted octanol–water partition coefficient (Wildman–Crippen LogP) is 0.941. The molecule has 6 heteroatoms. The van der Waals surface area contributed by atoms with Crippen molar-refractivity contribution in [2.24, 2.45) is 0 Å². The Bertz CT molecular complexity index is 182. The molecule has 82 valence electrons. The number of carbonyl (C=O) groups excluding carboxylic acids is 1. The van der Waals surface area contributed by atoms with E-state index in [0.29, 0.717) is 0 Å². The van der Waals surface area contributed by atoms with Crippen molar-refractivity contribution in [1.82, 2.24) is 0 Å². The van der Waals surface area contributed by atoms with Crippen LogP contribution in [0.1, 0.15) is 6.92 Å². The molecule has 0 amide bonds. The number of cyclic esters (lactones) is 1. The molecule has 0 unspecified atom stereocenters. The fourth-order valence-electron chi connectivity index (χ4n) is 0.807. The zero-order valence-electron chi connectivity index (χ0n) is 8.90. The summed E-state index contributed by atoms with van der Waals surface area (Å²) in [7, 11) is 2.65. The maximum absolute atomic E-state index is 9.59. The first-order valence-corrected chi connectivity index (χ1v) is 6.10. The van der Waals surface area contributed by atoms with Gasteiger partial charge in [0.05, 0.1) is 6.08 Å². The summed E-state index contributed by atoms with van der Waals surface area (Å²) in [5, 5.41) is 0. The van der Waals surface area contributed by atoms with Gasteiger partial charge in [-0.15, -0.1) is 0 Å². The first-order valence-electron chi connectivity index (χ1n) is 4.16. The van der Waals surface area contributed by atoms with Crippen molar-refractivity contribution in [3.63, 3.8) is 0 Å². The predicted molar refractivity (Wildman–Crippen MR) is 52.5 cm³/mol. The summed E-state index contributed by atoms with van der Waals surface area (Å²) in [6.07, 6.45) is 2.71. The van der Waals surface area contributed by atoms with Crippen LogP contribution in [0.5, 0.6) is 0 Å². The van der Waals surface area contributed by atoms with Crippen molar-refractivity contribution in [3.05, 3.63) is 12.3 Å². The second-order valence-corrected chi connectivity index (χ2v) is 5.69. The molecule has 0 aromatic heterocycles. The highest BCUT2D eigenvalue weighted by molar-refractivity contribution is 6.60. The van der Waals surface area contributed by atoms with Crippen LogP contribution in [0.25, 0.3) is 0 Å². The quantitative estimate of drug-likeness (QED) is 0.521. The van der Waals surface area contributed by atoms with Gasteiger partial charge in [-0.2, -0.15) is 0 Å². The van der Waals surface area contributed by atoms with E-state index in [1.54, 1.807) is 21.3 Å². The second-order valence-electron chi connectivity index (χ2n) is 2.39. The minimum atomic E-state index is -2.19. The Balaban J connectivity index is 0.000000280. The number of ether oxygens (including phenoxy) is 1. The van der Waals surface area contributed by atoms with E-state index in [2.05, 4.69) is 4.74 Å². The molecule has 1 aliphatic rings. The highest BCUT2D eigenvalue weighted by atomic mass is 28.4. The number of hydrogen-bond acceptors (Lipinski definition) is 5. The van der Waals surface area contributed by atoms with E-state index in [0.717, 1.165) is 6.04 Å². The van der Waals surface area contributed by atoms with E-state index in [9.17, 15) is 4.79 Å². The van der Waals surface area contributed by atoms with E-state index < -0.39 is 8.80 Å². The largest absolute Gasteiger partial charge is 0.499 e. The van der Waals surface area contributed by atoms with Crippen LogP contribution in [0.2, 0.25) is 6.04 Å². The number of rotatable bonds is 4. The fourth-order valence-corrected chi connectivity index (χ4v) is 2.17. The van der Waals surface area contributed by atoms with Crippen LogP contribution in [-0.4, -0.2) is 36.1 Å². The molecule has 0 saturated carbocycles. The van der Waals surface area contributed by atoms with Crippen molar-refractivity contribution >= 4 is 14.8 Å². The van der Waals surface area contributed by atoms with Crippen LogP contribution < -0.4 is 0 Å². The van der Waals surface area contributed by atoms with Gasteiger partial charge in [0, 0.05) is 27.4 Å². The van der Waals surface area contributed by atoms with Gasteiger partial charge in [0.2, 0.25) is 0 Å². The molecule has 0 aliphatic carbocycles. The average molecular weight is 220 g/mol. The number of hydrogen-bond donors (Lipinski definition) is 0. The van der Waals surface area contributed by atoms with Gasteiger partial charge in [0.1, 0.15) is 6.26 Å². The second kappa shape index (κ2) is 6.72. The van der Waals surface area contributed by atoms with E-state index >= 15 is 0 Å². The lowest BCUT2D eigenvalue weighted by Gasteiger charge is -2.22. The van der Waals surface area contributed by atoms with Gasteiger partial charge >= 0.3 is 14.8 Å². The van der Waals surface area contributed by atoms with Gasteiger partial charge in [-0.1, -0.05) is 6.92 Å². The van der Waals surface area contributed by atoms with E-state index in [4.69, 9.17) is 13.3 Å². The topological polar surface area (TPSA) is 54.0 Å². The Hall–Kier alpha value is -0.693. The monoisotopic (exact) mass is 220 g/mol. The SMILES string of the molecule is CC[Si](OC)(OC)OC.O=C1C=CO1. The van der Waals surface area contributed by atoms with Crippen molar-refractivity contribution < 1.29 is 22.8 Å². The normalized spacial score (nSPS) is 13.9. The molecular formula is C8H16O5Si. The number of esters is 1. The van der Waals surface area contributed by atoms with E-state index in [-0.39, 0.29) is 5.97 Å². The van der Waals surface area contributed by atoms with Crippen molar-refractivity contribution in [1.29, 1.82) is 0 Å². The summed E-state index contributed by atoms with van der Waals surface area (Å²) in [6.45, 7) is 1.99. The molecule has 14 heavy (non-hydrogen) atoms. The van der Waals surface area contributed by atoms with Gasteiger partial charge in [0.25, 0.3) is 0 Å². The molecular weight excluding hydrogens is 204 g/mol. The van der Waals surface area contributed by atoms with Crippen molar-refractivity contribution in [3.8, 4) is 0 Å². The average Bonchev–Trinajstić information content (AvgIpc) is 2.20. The van der Waals surface area contributed by atoms with Gasteiger partial charge in [-0.3, -0.25) is 0 Å². The van der Waals surface area contributed by atoms with Crippen LogP contribution >= 0.6 is 0 Å². The summed E-state index contributed by atoms with van der Waals surface area (Å²) in [5.41, 5.74) is 0. The Kier molecular flexibility index (Phi) is 6.38. The van der Waals surface area contributed by atoms with Gasteiger partial charge in [-0.25, -0.2) is 4.79 Å². The molecule has 0 N–H and O–H groups in total. The highest BCUT2D eigenvalue weighted by Crippen LogP contribution is 2.10. The first kappa shape index (κ1) is 13.3. The smallest absolute Gasteiger partial charge is 0.431 e. The lowest BCUT2D eigenvalue weighted by molar-refractivity contribution is -0.136. The van der Waals surface area contributed by atoms with Crippen LogP contribution in [0.15, 0.2) is 12.3 Å². The fraction of sp³-hybridized carbons (Fsp3) is 0.625. The third-order valence-electron chi connectivity index (χ3n) is 1.75. The van der Waals surface area contributed by atoms with Crippen LogP contribution in [0.4, 0.5) is 0 Å². The number of carbonyl (C=O) groups is 1. The molecule has 0 saturated heterocycles. The van der Waals surface area contributed by atoms with Gasteiger partial charge < -0.3 is 18.0 Å². The minimum Gasteiger partial charge on any atom is -0.431 e. The zero-order chi connectivity index (χ0) is 11.0. The molecule has 0 aromatic rings. The molecule has 0 aromatic carbocycles. The lowest BCUT2D eigenvalue weighted by Crippen LogP contribution is -2.41. The molecule has 1 aliphatic heterocycles. The molecule has 0 bridgehead atoms. The van der Waals surface area contributed by atoms with Crippen molar-refractivity contribution in [2.75, 3.05) is 21.3 Å². The van der Waals surface area contributed by atoms with E-state index in [1.165, 1.54) is 12.3 Å².